The normalized spacial score (nSPS) is 19.4. The average molecular weight is 180 g/mol. The third-order valence-corrected chi connectivity index (χ3v) is 2.83. The van der Waals surface area contributed by atoms with Crippen molar-refractivity contribution in [1.82, 2.24) is 0 Å². The molecule has 13 heavy (non-hydrogen) atoms. The van der Waals surface area contributed by atoms with Crippen LogP contribution >= 0.6 is 0 Å². The van der Waals surface area contributed by atoms with Gasteiger partial charge in [-0.15, -0.1) is 0 Å². The van der Waals surface area contributed by atoms with Crippen LogP contribution in [0.25, 0.3) is 0 Å². The SMILES string of the molecule is CC1=C(C(C)CCC=O)CCC1=O. The molecule has 2 nitrogen and oxygen atoms in total. The predicted octanol–water partition coefficient (Wildman–Crippen LogP) is 2.28. The summed E-state index contributed by atoms with van der Waals surface area (Å²) in [4.78, 5) is 21.4. The fourth-order valence-electron chi connectivity index (χ4n) is 1.91. The zero-order valence-electron chi connectivity index (χ0n) is 8.30. The second-order valence-corrected chi connectivity index (χ2v) is 3.72. The molecule has 0 saturated carbocycles. The quantitative estimate of drug-likeness (QED) is 0.622. The summed E-state index contributed by atoms with van der Waals surface area (Å²) in [7, 11) is 0. The van der Waals surface area contributed by atoms with E-state index in [9.17, 15) is 9.59 Å². The van der Waals surface area contributed by atoms with Crippen LogP contribution in [0.5, 0.6) is 0 Å². The van der Waals surface area contributed by atoms with Gasteiger partial charge in [-0.25, -0.2) is 0 Å². The van der Waals surface area contributed by atoms with Gasteiger partial charge in [0.25, 0.3) is 0 Å². The van der Waals surface area contributed by atoms with E-state index < -0.39 is 0 Å². The van der Waals surface area contributed by atoms with Crippen LogP contribution in [0.2, 0.25) is 0 Å². The minimum atomic E-state index is 0.285. The number of Topliss-reactive ketones (excluding diaryl/α,β-unsaturated/α-hetero) is 1. The van der Waals surface area contributed by atoms with Crippen LogP contribution in [0.3, 0.4) is 0 Å². The molecule has 0 N–H and O–H groups in total. The molecular weight excluding hydrogens is 164 g/mol. The minimum Gasteiger partial charge on any atom is -0.303 e. The fraction of sp³-hybridized carbons (Fsp3) is 0.636. The van der Waals surface area contributed by atoms with Gasteiger partial charge in [0.1, 0.15) is 6.29 Å². The number of carbonyl (C=O) groups excluding carboxylic acids is 2. The lowest BCUT2D eigenvalue weighted by molar-refractivity contribution is -0.114. The Kier molecular flexibility index (Phi) is 3.40. The van der Waals surface area contributed by atoms with Crippen molar-refractivity contribution in [2.24, 2.45) is 5.92 Å². The van der Waals surface area contributed by atoms with Crippen LogP contribution in [0, 0.1) is 5.92 Å². The van der Waals surface area contributed by atoms with Crippen molar-refractivity contribution in [3.8, 4) is 0 Å². The summed E-state index contributed by atoms with van der Waals surface area (Å²) < 4.78 is 0. The van der Waals surface area contributed by atoms with E-state index in [2.05, 4.69) is 6.92 Å². The summed E-state index contributed by atoms with van der Waals surface area (Å²) in [5.74, 6) is 0.685. The molecule has 0 aromatic carbocycles. The number of hydrogen-bond acceptors (Lipinski definition) is 2. The Morgan fingerprint density at radius 1 is 1.46 bits per heavy atom. The molecule has 0 aliphatic heterocycles. The highest BCUT2D eigenvalue weighted by atomic mass is 16.1. The van der Waals surface area contributed by atoms with Crippen molar-refractivity contribution in [3.05, 3.63) is 11.1 Å². The lowest BCUT2D eigenvalue weighted by Crippen LogP contribution is -2.00. The highest BCUT2D eigenvalue weighted by Gasteiger charge is 2.22. The van der Waals surface area contributed by atoms with Gasteiger partial charge in [-0.2, -0.15) is 0 Å². The third-order valence-electron chi connectivity index (χ3n) is 2.83. The minimum absolute atomic E-state index is 0.285. The van der Waals surface area contributed by atoms with E-state index in [1.807, 2.05) is 6.92 Å². The van der Waals surface area contributed by atoms with E-state index in [-0.39, 0.29) is 5.78 Å². The monoisotopic (exact) mass is 180 g/mol. The first-order valence-electron chi connectivity index (χ1n) is 4.83. The Morgan fingerprint density at radius 2 is 2.15 bits per heavy atom. The summed E-state index contributed by atoms with van der Waals surface area (Å²) in [5, 5.41) is 0. The summed E-state index contributed by atoms with van der Waals surface area (Å²) in [6.07, 6.45) is 4.01. The maximum Gasteiger partial charge on any atom is 0.158 e. The molecule has 0 radical (unpaired) electrons. The van der Waals surface area contributed by atoms with Gasteiger partial charge in [-0.1, -0.05) is 12.5 Å². The van der Waals surface area contributed by atoms with Gasteiger partial charge in [-0.05, 0) is 31.3 Å². The molecule has 0 saturated heterocycles. The number of hydrogen-bond donors (Lipinski definition) is 0. The van der Waals surface area contributed by atoms with Gasteiger partial charge in [0.05, 0.1) is 0 Å². The largest absolute Gasteiger partial charge is 0.303 e. The van der Waals surface area contributed by atoms with Crippen molar-refractivity contribution in [2.75, 3.05) is 0 Å². The number of aldehydes is 1. The van der Waals surface area contributed by atoms with Crippen LogP contribution in [0.4, 0.5) is 0 Å². The summed E-state index contributed by atoms with van der Waals surface area (Å²) in [6, 6.07) is 0. The van der Waals surface area contributed by atoms with Crippen LogP contribution < -0.4 is 0 Å². The number of allylic oxidation sites excluding steroid dienone is 2. The van der Waals surface area contributed by atoms with E-state index >= 15 is 0 Å². The predicted molar refractivity (Wildman–Crippen MR) is 51.4 cm³/mol. The van der Waals surface area contributed by atoms with Gasteiger partial charge in [-0.3, -0.25) is 4.79 Å². The molecule has 1 unspecified atom stereocenters. The van der Waals surface area contributed by atoms with Crippen LogP contribution in [-0.2, 0) is 9.59 Å². The first kappa shape index (κ1) is 10.2. The second kappa shape index (κ2) is 4.35. The van der Waals surface area contributed by atoms with Crippen molar-refractivity contribution in [1.29, 1.82) is 0 Å². The smallest absolute Gasteiger partial charge is 0.158 e. The molecule has 0 fully saturated rings. The van der Waals surface area contributed by atoms with Crippen LogP contribution in [0.15, 0.2) is 11.1 Å². The zero-order valence-corrected chi connectivity index (χ0v) is 8.30. The van der Waals surface area contributed by atoms with E-state index in [0.29, 0.717) is 18.8 Å². The first-order valence-corrected chi connectivity index (χ1v) is 4.83. The Morgan fingerprint density at radius 3 is 2.62 bits per heavy atom. The molecule has 1 aliphatic rings. The molecule has 2 heteroatoms. The molecule has 1 rings (SSSR count). The second-order valence-electron chi connectivity index (χ2n) is 3.72. The standard InChI is InChI=1S/C11H16O2/c1-8(4-3-7-12)10-5-6-11(13)9(10)2/h7-8H,3-6H2,1-2H3. The molecule has 0 aromatic heterocycles. The molecular formula is C11H16O2. The molecule has 1 aliphatic carbocycles. The molecule has 0 heterocycles. The average Bonchev–Trinajstić information content (AvgIpc) is 2.44. The third kappa shape index (κ3) is 2.27. The molecule has 0 bridgehead atoms. The van der Waals surface area contributed by atoms with Gasteiger partial charge in [0.2, 0.25) is 0 Å². The highest BCUT2D eigenvalue weighted by molar-refractivity contribution is 5.98. The van der Waals surface area contributed by atoms with Crippen molar-refractivity contribution < 1.29 is 9.59 Å². The van der Waals surface area contributed by atoms with Gasteiger partial charge >= 0.3 is 0 Å². The molecule has 0 spiro atoms. The number of carbonyl (C=O) groups is 2. The van der Waals surface area contributed by atoms with Gasteiger partial charge < -0.3 is 4.79 Å². The Hall–Kier alpha value is -0.920. The molecule has 1 atom stereocenters. The number of ketones is 1. The lowest BCUT2D eigenvalue weighted by Gasteiger charge is -2.11. The zero-order chi connectivity index (χ0) is 9.84. The Balaban J connectivity index is 2.60. The fourth-order valence-corrected chi connectivity index (χ4v) is 1.91. The summed E-state index contributed by atoms with van der Waals surface area (Å²) in [5.41, 5.74) is 2.21. The van der Waals surface area contributed by atoms with Gasteiger partial charge in [0.15, 0.2) is 5.78 Å². The van der Waals surface area contributed by atoms with Crippen molar-refractivity contribution in [2.45, 2.75) is 39.5 Å². The lowest BCUT2D eigenvalue weighted by atomic mass is 9.94. The topological polar surface area (TPSA) is 34.1 Å². The first-order chi connectivity index (χ1) is 6.16. The van der Waals surface area contributed by atoms with Crippen molar-refractivity contribution >= 4 is 12.1 Å². The van der Waals surface area contributed by atoms with E-state index in [4.69, 9.17) is 0 Å². The van der Waals surface area contributed by atoms with E-state index in [0.717, 1.165) is 24.7 Å². The van der Waals surface area contributed by atoms with Crippen molar-refractivity contribution in [3.63, 3.8) is 0 Å². The Bertz CT molecular complexity index is 251. The highest BCUT2D eigenvalue weighted by Crippen LogP contribution is 2.30. The van der Waals surface area contributed by atoms with E-state index in [1.54, 1.807) is 0 Å². The van der Waals surface area contributed by atoms with Gasteiger partial charge in [0, 0.05) is 12.8 Å². The Labute approximate surface area is 79.0 Å². The van der Waals surface area contributed by atoms with E-state index in [1.165, 1.54) is 5.57 Å². The molecule has 72 valence electrons. The maximum atomic E-state index is 11.2. The molecule has 0 amide bonds. The summed E-state index contributed by atoms with van der Waals surface area (Å²) >= 11 is 0. The van der Waals surface area contributed by atoms with Crippen LogP contribution in [0.1, 0.15) is 39.5 Å². The van der Waals surface area contributed by atoms with Crippen LogP contribution in [-0.4, -0.2) is 12.1 Å². The maximum absolute atomic E-state index is 11.2. The molecule has 0 aromatic rings. The number of rotatable bonds is 4. The summed E-state index contributed by atoms with van der Waals surface area (Å²) in [6.45, 7) is 4.00.